The van der Waals surface area contributed by atoms with Gasteiger partial charge in [0.2, 0.25) is 11.8 Å². The summed E-state index contributed by atoms with van der Waals surface area (Å²) in [5.74, 6) is -2.98. The van der Waals surface area contributed by atoms with Crippen LogP contribution in [0.5, 0.6) is 0 Å². The van der Waals surface area contributed by atoms with E-state index in [2.05, 4.69) is 0 Å². The van der Waals surface area contributed by atoms with Crippen LogP contribution in [-0.4, -0.2) is 17.6 Å². The molecule has 0 aromatic heterocycles. The molecular formula is C40H27Cl2NO3. The number of hydrogen-bond acceptors (Lipinski definition) is 3. The fourth-order valence-electron chi connectivity index (χ4n) is 8.38. The summed E-state index contributed by atoms with van der Waals surface area (Å²) in [6, 6.07) is 41.2. The van der Waals surface area contributed by atoms with Crippen LogP contribution in [-0.2, 0) is 25.2 Å². The van der Waals surface area contributed by atoms with Crippen molar-refractivity contribution < 1.29 is 14.4 Å². The van der Waals surface area contributed by atoms with Gasteiger partial charge >= 0.3 is 0 Å². The molecule has 2 fully saturated rings. The average molecular weight is 641 g/mol. The summed E-state index contributed by atoms with van der Waals surface area (Å²) in [6.45, 7) is 1.93. The number of ketones is 1. The summed E-state index contributed by atoms with van der Waals surface area (Å²) < 4.78 is 0. The van der Waals surface area contributed by atoms with Gasteiger partial charge in [0.25, 0.3) is 0 Å². The van der Waals surface area contributed by atoms with Gasteiger partial charge in [-0.15, -0.1) is 0 Å². The first-order valence-electron chi connectivity index (χ1n) is 15.2. The number of carbonyl (C=O) groups is 3. The van der Waals surface area contributed by atoms with E-state index in [4.69, 9.17) is 23.2 Å². The maximum atomic E-state index is 15.9. The third-order valence-electron chi connectivity index (χ3n) is 9.98. The Hall–Kier alpha value is -4.77. The fraction of sp³-hybridized carbons (Fsp3) is 0.125. The highest BCUT2D eigenvalue weighted by Gasteiger charge is 2.82. The topological polar surface area (TPSA) is 54.5 Å². The molecule has 1 saturated carbocycles. The van der Waals surface area contributed by atoms with Crippen LogP contribution >= 0.6 is 23.2 Å². The van der Waals surface area contributed by atoms with Crippen LogP contribution in [0.4, 0.5) is 5.69 Å². The first kappa shape index (κ1) is 28.7. The minimum Gasteiger partial charge on any atom is -0.297 e. The predicted molar refractivity (Wildman–Crippen MR) is 182 cm³/mol. The number of halogens is 2. The molecule has 2 amide bonds. The maximum absolute atomic E-state index is 15.9. The van der Waals surface area contributed by atoms with E-state index in [9.17, 15) is 0 Å². The Balaban J connectivity index is 1.56. The van der Waals surface area contributed by atoms with Crippen molar-refractivity contribution in [1.29, 1.82) is 0 Å². The van der Waals surface area contributed by atoms with Gasteiger partial charge in [0, 0.05) is 10.0 Å². The van der Waals surface area contributed by atoms with Crippen molar-refractivity contribution >= 4 is 57.6 Å². The normalized spacial score (nSPS) is 25.0. The third-order valence-corrected chi connectivity index (χ3v) is 10.5. The van der Waals surface area contributed by atoms with Gasteiger partial charge in [0.05, 0.1) is 28.4 Å². The second-order valence-electron chi connectivity index (χ2n) is 12.2. The lowest BCUT2D eigenvalue weighted by molar-refractivity contribution is -0.130. The molecule has 0 unspecified atom stereocenters. The molecule has 1 saturated heterocycles. The zero-order valence-electron chi connectivity index (χ0n) is 24.8. The van der Waals surface area contributed by atoms with E-state index in [-0.39, 0.29) is 17.6 Å². The first-order chi connectivity index (χ1) is 22.3. The molecule has 2 bridgehead atoms. The summed E-state index contributed by atoms with van der Waals surface area (Å²) in [5.41, 5.74) is 2.78. The van der Waals surface area contributed by atoms with Crippen LogP contribution in [0.3, 0.4) is 0 Å². The number of aryl methyl sites for hydroxylation is 1. The van der Waals surface area contributed by atoms with Crippen LogP contribution < -0.4 is 4.90 Å². The molecule has 2 aliphatic carbocycles. The molecule has 0 spiro atoms. The lowest BCUT2D eigenvalue weighted by Crippen LogP contribution is -2.45. The van der Waals surface area contributed by atoms with Crippen molar-refractivity contribution in [3.8, 4) is 0 Å². The lowest BCUT2D eigenvalue weighted by Gasteiger charge is -2.39. The molecule has 1 aliphatic heterocycles. The Morgan fingerprint density at radius 3 is 1.39 bits per heavy atom. The van der Waals surface area contributed by atoms with E-state index < -0.39 is 22.7 Å². The maximum Gasteiger partial charge on any atom is 0.239 e. The quantitative estimate of drug-likeness (QED) is 0.181. The van der Waals surface area contributed by atoms with Crippen molar-refractivity contribution in [2.45, 2.75) is 17.8 Å². The summed E-state index contributed by atoms with van der Waals surface area (Å²) in [5, 5.41) is 1.01. The number of nitrogens with zero attached hydrogens (tertiary/aromatic N) is 1. The van der Waals surface area contributed by atoms with E-state index in [1.165, 1.54) is 4.90 Å². The monoisotopic (exact) mass is 639 g/mol. The molecule has 0 N–H and O–H groups in total. The van der Waals surface area contributed by atoms with Crippen molar-refractivity contribution in [2.24, 2.45) is 11.8 Å². The molecule has 4 nitrogen and oxygen atoms in total. The van der Waals surface area contributed by atoms with Crippen molar-refractivity contribution in [3.63, 3.8) is 0 Å². The Bertz CT molecular complexity index is 1960. The highest BCUT2D eigenvalue weighted by molar-refractivity contribution is 6.39. The fourth-order valence-corrected chi connectivity index (χ4v) is 8.63. The molecule has 46 heavy (non-hydrogen) atoms. The molecule has 224 valence electrons. The Kier molecular flexibility index (Phi) is 6.47. The number of Topliss-reactive ketones (excluding diaryl/α,β-unsaturated/α-hetero) is 1. The van der Waals surface area contributed by atoms with Crippen LogP contribution in [0.25, 0.3) is 11.1 Å². The number of anilines is 1. The molecule has 3 aliphatic rings. The second kappa shape index (κ2) is 10.4. The first-order valence-corrected chi connectivity index (χ1v) is 15.9. The summed E-state index contributed by atoms with van der Waals surface area (Å²) in [7, 11) is 0. The Morgan fingerprint density at radius 2 is 0.978 bits per heavy atom. The van der Waals surface area contributed by atoms with Crippen LogP contribution in [0.1, 0.15) is 27.8 Å². The molecule has 5 aromatic rings. The number of imide groups is 1. The minimum absolute atomic E-state index is 0.192. The molecule has 0 radical (unpaired) electrons. The van der Waals surface area contributed by atoms with Gasteiger partial charge < -0.3 is 0 Å². The van der Waals surface area contributed by atoms with Crippen LogP contribution in [0.15, 0.2) is 133 Å². The number of carbonyl (C=O) groups excluding carboxylic acids is 3. The zero-order chi connectivity index (χ0) is 31.8. The Labute approximate surface area is 276 Å². The van der Waals surface area contributed by atoms with Gasteiger partial charge in [0.1, 0.15) is 0 Å². The number of benzene rings is 5. The van der Waals surface area contributed by atoms with E-state index >= 15 is 14.4 Å². The van der Waals surface area contributed by atoms with Gasteiger partial charge in [0.15, 0.2) is 5.78 Å². The van der Waals surface area contributed by atoms with Gasteiger partial charge in [-0.1, -0.05) is 120 Å². The molecule has 6 heteroatoms. The van der Waals surface area contributed by atoms with E-state index in [1.54, 1.807) is 30.3 Å². The highest BCUT2D eigenvalue weighted by atomic mass is 35.5. The van der Waals surface area contributed by atoms with Gasteiger partial charge in [-0.25, -0.2) is 4.90 Å². The number of amides is 2. The minimum atomic E-state index is -1.49. The van der Waals surface area contributed by atoms with Gasteiger partial charge in [-0.05, 0) is 82.3 Å². The number of hydrogen-bond donors (Lipinski definition) is 0. The molecule has 5 aromatic carbocycles. The lowest BCUT2D eigenvalue weighted by atomic mass is 9.59. The smallest absolute Gasteiger partial charge is 0.239 e. The molecule has 1 heterocycles. The Morgan fingerprint density at radius 1 is 0.543 bits per heavy atom. The highest BCUT2D eigenvalue weighted by Crippen LogP contribution is 2.74. The largest absolute Gasteiger partial charge is 0.297 e. The summed E-state index contributed by atoms with van der Waals surface area (Å²) >= 11 is 12.8. The molecule has 4 atom stereocenters. The number of allylic oxidation sites excluding steroid dienone is 2. The van der Waals surface area contributed by atoms with Crippen LogP contribution in [0, 0.1) is 18.8 Å². The summed E-state index contributed by atoms with van der Waals surface area (Å²) in [6.07, 6.45) is 0. The van der Waals surface area contributed by atoms with E-state index in [0.717, 1.165) is 27.8 Å². The standard InChI is InChI=1S/C40H27Cl2NO3/c1-24-9-8-14-31(23-24)43-36(44)34-35(37(43)45)40(28-17-21-30(42)22-18-28)33(26-12-6-3-7-13-26)32(25-10-4-2-5-11-25)39(34,38(40)46)27-15-19-29(41)20-16-27/h2-23,34-35H,1H3/t34-,35+,39-,40-/m0/s1. The van der Waals surface area contributed by atoms with E-state index in [1.807, 2.05) is 110 Å². The zero-order valence-corrected chi connectivity index (χ0v) is 26.3. The number of fused-ring (bicyclic) bond motifs is 5. The van der Waals surface area contributed by atoms with Gasteiger partial charge in [-0.3, -0.25) is 14.4 Å². The average Bonchev–Trinajstić information content (AvgIpc) is 3.58. The molecular weight excluding hydrogens is 613 g/mol. The van der Waals surface area contributed by atoms with Crippen molar-refractivity contribution in [3.05, 3.63) is 171 Å². The molecule has 8 rings (SSSR count). The van der Waals surface area contributed by atoms with Crippen LogP contribution in [0.2, 0.25) is 10.0 Å². The number of rotatable bonds is 5. The summed E-state index contributed by atoms with van der Waals surface area (Å²) in [4.78, 5) is 47.3. The van der Waals surface area contributed by atoms with E-state index in [0.29, 0.717) is 26.9 Å². The SMILES string of the molecule is Cc1cccc(N2C(=O)[C@@H]3[C@H](C2=O)[C@@]2(c4ccc(Cl)cc4)C(=O)[C@@]3(c3ccc(Cl)cc3)C(c3ccccc3)=C2c2ccccc2)c1. The van der Waals surface area contributed by atoms with Crippen molar-refractivity contribution in [2.75, 3.05) is 4.90 Å². The second-order valence-corrected chi connectivity index (χ2v) is 13.1. The van der Waals surface area contributed by atoms with Gasteiger partial charge in [-0.2, -0.15) is 0 Å². The van der Waals surface area contributed by atoms with Crippen molar-refractivity contribution in [1.82, 2.24) is 0 Å². The predicted octanol–water partition coefficient (Wildman–Crippen LogP) is 8.49. The third kappa shape index (κ3) is 3.66.